The number of hydrogen-bond donors (Lipinski definition) is 6. The largest absolute Gasteiger partial charge is 0.493 e. The summed E-state index contributed by atoms with van der Waals surface area (Å²) in [6.07, 6.45) is -1.97. The maximum atomic E-state index is 12.8. The SMILES string of the molecule is O=C(O)CC[C@H](NC(=O)O[C@@H](CCCCNC(=O)c1ccc(I)cc1OCCCCNC(=O)c1ccc(I)cc1)C(=O)O)C(=O)O. The number of carboxylic acids is 3. The molecule has 0 bridgehead atoms. The van der Waals surface area contributed by atoms with Crippen LogP contribution >= 0.6 is 45.2 Å². The zero-order valence-corrected chi connectivity index (χ0v) is 28.9. The van der Waals surface area contributed by atoms with Gasteiger partial charge in [0.05, 0.1) is 12.2 Å². The Kier molecular flexibility index (Phi) is 17.1. The quantitative estimate of drug-likeness (QED) is 0.0829. The Morgan fingerprint density at radius 3 is 2.00 bits per heavy atom. The van der Waals surface area contributed by atoms with Crippen LogP contribution in [-0.2, 0) is 19.1 Å². The van der Waals surface area contributed by atoms with Crippen molar-refractivity contribution >= 4 is 81.0 Å². The molecule has 16 heteroatoms. The Hall–Kier alpha value is -3.68. The molecule has 0 aliphatic carbocycles. The van der Waals surface area contributed by atoms with E-state index in [1.54, 1.807) is 30.3 Å². The predicted molar refractivity (Wildman–Crippen MR) is 181 cm³/mol. The molecule has 0 aromatic heterocycles. The van der Waals surface area contributed by atoms with E-state index >= 15 is 0 Å². The maximum absolute atomic E-state index is 12.8. The molecule has 0 heterocycles. The van der Waals surface area contributed by atoms with Crippen LogP contribution in [0.3, 0.4) is 0 Å². The number of carbonyl (C=O) groups excluding carboxylic acids is 3. The Morgan fingerprint density at radius 2 is 1.37 bits per heavy atom. The second kappa shape index (κ2) is 20.4. The summed E-state index contributed by atoms with van der Waals surface area (Å²) in [5, 5.41) is 34.8. The monoisotopic (exact) mass is 867 g/mol. The van der Waals surface area contributed by atoms with E-state index in [9.17, 15) is 33.9 Å². The molecular weight excluding hydrogens is 832 g/mol. The molecule has 0 aliphatic heterocycles. The first-order valence-corrected chi connectivity index (χ1v) is 16.4. The van der Waals surface area contributed by atoms with Crippen LogP contribution in [0.1, 0.15) is 65.7 Å². The average molecular weight is 867 g/mol. The van der Waals surface area contributed by atoms with E-state index < -0.39 is 49.0 Å². The molecule has 0 saturated heterocycles. The topological polar surface area (TPSA) is 218 Å². The van der Waals surface area contributed by atoms with E-state index in [-0.39, 0.29) is 31.2 Å². The van der Waals surface area contributed by atoms with E-state index in [0.29, 0.717) is 49.3 Å². The van der Waals surface area contributed by atoms with Crippen LogP contribution in [0, 0.1) is 7.14 Å². The first-order valence-electron chi connectivity index (χ1n) is 14.3. The smallest absolute Gasteiger partial charge is 0.408 e. The number of hydrogen-bond acceptors (Lipinski definition) is 8. The summed E-state index contributed by atoms with van der Waals surface area (Å²) in [5.41, 5.74) is 0.915. The summed E-state index contributed by atoms with van der Waals surface area (Å²) in [6, 6.07) is 10.8. The van der Waals surface area contributed by atoms with Crippen molar-refractivity contribution in [1.29, 1.82) is 0 Å². The highest BCUT2D eigenvalue weighted by Gasteiger charge is 2.26. The average Bonchev–Trinajstić information content (AvgIpc) is 3.00. The Balaban J connectivity index is 1.75. The standard InChI is InChI=1S/C30H35I2N3O11/c31-19-8-6-18(7-9-19)26(38)33-15-3-4-16-45-24-17-20(32)10-11-21(24)27(39)34-14-2-1-5-23(29(42)43)46-30(44)35-22(28(40)41)12-13-25(36)37/h6-11,17,22-23H,1-5,12-16H2,(H,33,38)(H,34,39)(H,35,44)(H,36,37)(H,40,41)(H,42,43)/t22-,23-/m0/s1. The van der Waals surface area contributed by atoms with Crippen LogP contribution < -0.4 is 20.7 Å². The van der Waals surface area contributed by atoms with Gasteiger partial charge in [-0.2, -0.15) is 0 Å². The van der Waals surface area contributed by atoms with Gasteiger partial charge in [-0.3, -0.25) is 14.4 Å². The number of alkyl carbamates (subject to hydrolysis) is 1. The minimum atomic E-state index is -1.57. The Morgan fingerprint density at radius 1 is 0.739 bits per heavy atom. The molecule has 2 rings (SSSR count). The summed E-state index contributed by atoms with van der Waals surface area (Å²) < 4.78 is 12.6. The van der Waals surface area contributed by atoms with Gasteiger partial charge < -0.3 is 40.7 Å². The zero-order chi connectivity index (χ0) is 34.1. The molecule has 2 atom stereocenters. The molecule has 0 fully saturated rings. The molecule has 3 amide bonds. The number of amides is 3. The molecular formula is C30H35I2N3O11. The van der Waals surface area contributed by atoms with Gasteiger partial charge in [-0.05, 0) is 126 Å². The van der Waals surface area contributed by atoms with Crippen LogP contribution in [0.2, 0.25) is 0 Å². The molecule has 250 valence electrons. The van der Waals surface area contributed by atoms with Crippen molar-refractivity contribution in [3.05, 3.63) is 60.7 Å². The number of nitrogens with one attached hydrogen (secondary N) is 3. The van der Waals surface area contributed by atoms with Crippen LogP contribution in [-0.4, -0.2) is 83.0 Å². The number of unbranched alkanes of at least 4 members (excludes halogenated alkanes) is 2. The predicted octanol–water partition coefficient (Wildman–Crippen LogP) is 3.88. The van der Waals surface area contributed by atoms with E-state index in [0.717, 1.165) is 7.14 Å². The summed E-state index contributed by atoms with van der Waals surface area (Å²) in [5.74, 6) is -4.31. The second-order valence-electron chi connectivity index (χ2n) is 9.91. The molecule has 0 aliphatic rings. The molecule has 6 N–H and O–H groups in total. The minimum Gasteiger partial charge on any atom is -0.493 e. The first-order chi connectivity index (χ1) is 21.9. The molecule has 2 aromatic carbocycles. The third-order valence-corrected chi connectivity index (χ3v) is 7.74. The van der Waals surface area contributed by atoms with E-state index in [2.05, 4.69) is 55.8 Å². The van der Waals surface area contributed by atoms with Gasteiger partial charge in [0.15, 0.2) is 0 Å². The van der Waals surface area contributed by atoms with Gasteiger partial charge >= 0.3 is 24.0 Å². The summed E-state index contributed by atoms with van der Waals surface area (Å²) >= 11 is 4.28. The van der Waals surface area contributed by atoms with E-state index in [4.69, 9.17) is 19.7 Å². The molecule has 0 radical (unpaired) electrons. The number of halogens is 2. The minimum absolute atomic E-state index is 0.103. The molecule has 0 unspecified atom stereocenters. The van der Waals surface area contributed by atoms with Gasteiger partial charge in [-0.25, -0.2) is 14.4 Å². The number of ether oxygens (including phenoxy) is 2. The number of aliphatic carboxylic acids is 3. The lowest BCUT2D eigenvalue weighted by molar-refractivity contribution is -0.147. The third kappa shape index (κ3) is 14.6. The van der Waals surface area contributed by atoms with Crippen molar-refractivity contribution in [1.82, 2.24) is 16.0 Å². The van der Waals surface area contributed by atoms with Crippen molar-refractivity contribution in [2.45, 2.75) is 57.1 Å². The van der Waals surface area contributed by atoms with E-state index in [1.165, 1.54) is 0 Å². The highest BCUT2D eigenvalue weighted by molar-refractivity contribution is 14.1. The van der Waals surface area contributed by atoms with Gasteiger partial charge in [0.1, 0.15) is 11.8 Å². The molecule has 0 spiro atoms. The number of carbonyl (C=O) groups is 6. The Labute approximate surface area is 292 Å². The lowest BCUT2D eigenvalue weighted by Gasteiger charge is -2.17. The van der Waals surface area contributed by atoms with E-state index in [1.807, 2.05) is 17.4 Å². The first kappa shape index (κ1) is 38.5. The van der Waals surface area contributed by atoms with Crippen molar-refractivity contribution in [2.75, 3.05) is 19.7 Å². The fraction of sp³-hybridized carbons (Fsp3) is 0.400. The number of rotatable bonds is 20. The van der Waals surface area contributed by atoms with Gasteiger partial charge in [0.25, 0.3) is 11.8 Å². The summed E-state index contributed by atoms with van der Waals surface area (Å²) in [6.45, 7) is 0.998. The van der Waals surface area contributed by atoms with Crippen LogP contribution in [0.15, 0.2) is 42.5 Å². The lowest BCUT2D eigenvalue weighted by atomic mass is 10.1. The zero-order valence-electron chi connectivity index (χ0n) is 24.6. The highest BCUT2D eigenvalue weighted by atomic mass is 127. The summed E-state index contributed by atoms with van der Waals surface area (Å²) in [4.78, 5) is 70.5. The fourth-order valence-electron chi connectivity index (χ4n) is 3.93. The number of benzene rings is 2. The van der Waals surface area contributed by atoms with Gasteiger partial charge in [-0.1, -0.05) is 0 Å². The molecule has 2 aromatic rings. The fourth-order valence-corrected chi connectivity index (χ4v) is 4.76. The van der Waals surface area contributed by atoms with Crippen LogP contribution in [0.5, 0.6) is 5.75 Å². The summed E-state index contributed by atoms with van der Waals surface area (Å²) in [7, 11) is 0. The van der Waals surface area contributed by atoms with Crippen molar-refractivity contribution in [3.8, 4) is 5.75 Å². The molecule has 46 heavy (non-hydrogen) atoms. The van der Waals surface area contributed by atoms with Gasteiger partial charge in [0, 0.05) is 32.2 Å². The van der Waals surface area contributed by atoms with Crippen LogP contribution in [0.25, 0.3) is 0 Å². The van der Waals surface area contributed by atoms with Gasteiger partial charge in [-0.15, -0.1) is 0 Å². The Bertz CT molecular complexity index is 1370. The lowest BCUT2D eigenvalue weighted by Crippen LogP contribution is -2.43. The normalized spacial score (nSPS) is 11.9. The van der Waals surface area contributed by atoms with Crippen molar-refractivity contribution in [3.63, 3.8) is 0 Å². The molecule has 14 nitrogen and oxygen atoms in total. The number of carboxylic acid groups (broad SMARTS) is 3. The van der Waals surface area contributed by atoms with Crippen molar-refractivity contribution < 1.29 is 53.6 Å². The van der Waals surface area contributed by atoms with Gasteiger partial charge in [0.2, 0.25) is 6.10 Å². The van der Waals surface area contributed by atoms with Crippen LogP contribution in [0.4, 0.5) is 4.79 Å². The maximum Gasteiger partial charge on any atom is 0.408 e. The van der Waals surface area contributed by atoms with Crippen molar-refractivity contribution in [2.24, 2.45) is 0 Å². The molecule has 0 saturated carbocycles. The second-order valence-corrected chi connectivity index (χ2v) is 12.4. The highest BCUT2D eigenvalue weighted by Crippen LogP contribution is 2.22. The third-order valence-electron chi connectivity index (χ3n) is 6.35.